The molecule has 0 aromatic heterocycles. The predicted octanol–water partition coefficient (Wildman–Crippen LogP) is 16.5. The molecule has 1 unspecified atom stereocenters. The molecule has 0 amide bonds. The molecule has 10 nitrogen and oxygen atoms in total. The maximum absolute atomic E-state index is 15.8. The van der Waals surface area contributed by atoms with Crippen molar-refractivity contribution in [2.45, 2.75) is 180 Å². The Hall–Kier alpha value is -4.81. The van der Waals surface area contributed by atoms with Crippen LogP contribution in [-0.2, 0) is 86.2 Å². The van der Waals surface area contributed by atoms with Gasteiger partial charge in [0.1, 0.15) is 24.4 Å². The van der Waals surface area contributed by atoms with Crippen molar-refractivity contribution >= 4 is 7.82 Å². The lowest BCUT2D eigenvalue weighted by Gasteiger charge is -2.46. The molecule has 1 aliphatic rings. The van der Waals surface area contributed by atoms with E-state index in [1.165, 1.54) is 77.0 Å². The fraction of sp³-hybridized carbons (Fsp3) is 0.463. The molecular weight excluding hydrogens is 996 g/mol. The van der Waals surface area contributed by atoms with Crippen molar-refractivity contribution in [1.82, 2.24) is 0 Å². The quantitative estimate of drug-likeness (QED) is 0.0273. The summed E-state index contributed by atoms with van der Waals surface area (Å²) in [5, 5.41) is 0. The smallest absolute Gasteiger partial charge is 0.379 e. The van der Waals surface area contributed by atoms with Gasteiger partial charge in [0.25, 0.3) is 0 Å². The maximum Gasteiger partial charge on any atom is 0.475 e. The van der Waals surface area contributed by atoms with Gasteiger partial charge in [0.05, 0.1) is 65.1 Å². The van der Waals surface area contributed by atoms with Crippen LogP contribution in [0.3, 0.4) is 0 Å². The second-order valence-corrected chi connectivity index (χ2v) is 22.2. The van der Waals surface area contributed by atoms with Crippen LogP contribution in [0, 0.1) is 0 Å². The fourth-order valence-electron chi connectivity index (χ4n) is 9.74. The van der Waals surface area contributed by atoms with Gasteiger partial charge in [-0.2, -0.15) is 0 Å². The molecule has 7 atom stereocenters. The van der Waals surface area contributed by atoms with E-state index >= 15 is 4.57 Å². The summed E-state index contributed by atoms with van der Waals surface area (Å²) in [5.74, 6) is 0. The van der Waals surface area contributed by atoms with E-state index in [2.05, 4.69) is 6.92 Å². The van der Waals surface area contributed by atoms with E-state index in [1.807, 2.05) is 182 Å². The minimum Gasteiger partial charge on any atom is -0.379 e. The molecule has 0 bridgehead atoms. The van der Waals surface area contributed by atoms with Gasteiger partial charge in [0, 0.05) is 13.0 Å². The van der Waals surface area contributed by atoms with Gasteiger partial charge in [-0.1, -0.05) is 272 Å². The fourth-order valence-corrected chi connectivity index (χ4v) is 11.1. The highest BCUT2D eigenvalue weighted by molar-refractivity contribution is 7.48. The molecule has 6 aromatic carbocycles. The molecule has 0 aliphatic heterocycles. The van der Waals surface area contributed by atoms with E-state index in [4.69, 9.17) is 42.0 Å². The van der Waals surface area contributed by atoms with Gasteiger partial charge in [0.2, 0.25) is 0 Å². The number of unbranched alkanes of at least 4 members (excludes halogenated alkanes) is 13. The predicted molar refractivity (Wildman–Crippen MR) is 311 cm³/mol. The van der Waals surface area contributed by atoms with Crippen LogP contribution in [0.15, 0.2) is 182 Å². The number of phosphoric ester groups is 1. The lowest BCUT2D eigenvalue weighted by molar-refractivity contribution is -0.235. The zero-order valence-electron chi connectivity index (χ0n) is 46.3. The van der Waals surface area contributed by atoms with Crippen LogP contribution in [0.4, 0.5) is 0 Å². The van der Waals surface area contributed by atoms with Crippen molar-refractivity contribution in [3.63, 3.8) is 0 Å². The third kappa shape index (κ3) is 23.1. The van der Waals surface area contributed by atoms with Crippen LogP contribution < -0.4 is 0 Å². The highest BCUT2D eigenvalue weighted by atomic mass is 31.2. The Balaban J connectivity index is 1.10. The molecule has 0 heterocycles. The minimum atomic E-state index is -4.52. The Labute approximate surface area is 467 Å². The Kier molecular flexibility index (Phi) is 28.4. The number of phosphoric acid groups is 1. The van der Waals surface area contributed by atoms with Crippen molar-refractivity contribution in [2.24, 2.45) is 0 Å². The first-order valence-electron chi connectivity index (χ1n) is 29.0. The van der Waals surface area contributed by atoms with E-state index in [0.29, 0.717) is 26.2 Å². The number of hydrogen-bond donors (Lipinski definition) is 0. The SMILES string of the molecule is CCCCCCCCCCCCCCCCOC[C@H](COP(=O)(OCc1ccccc1)O[C@H]1[C@H](OCc2ccccc2)[C@@H](OCc2ccccc2)[C@H](OCc2ccccc2)C[C@H]1OCc1ccccc1)OCc1ccccc1. The Morgan fingerprint density at radius 2 is 0.744 bits per heavy atom. The van der Waals surface area contributed by atoms with Crippen LogP contribution in [0.1, 0.15) is 137 Å². The largest absolute Gasteiger partial charge is 0.475 e. The van der Waals surface area contributed by atoms with Gasteiger partial charge in [0.15, 0.2) is 0 Å². The number of hydrogen-bond acceptors (Lipinski definition) is 10. The summed E-state index contributed by atoms with van der Waals surface area (Å²) in [6.07, 6.45) is 13.9. The summed E-state index contributed by atoms with van der Waals surface area (Å²) >= 11 is 0. The first kappa shape index (κ1) is 60.8. The molecule has 7 rings (SSSR count). The van der Waals surface area contributed by atoms with E-state index in [1.54, 1.807) is 0 Å². The Bertz CT molecular complexity index is 2450. The van der Waals surface area contributed by atoms with Crippen molar-refractivity contribution in [1.29, 1.82) is 0 Å². The van der Waals surface area contributed by atoms with E-state index in [-0.39, 0.29) is 39.6 Å². The molecule has 1 saturated carbocycles. The molecular formula is C67H87O10P. The summed E-state index contributed by atoms with van der Waals surface area (Å²) in [7, 11) is -4.52. The lowest BCUT2D eigenvalue weighted by atomic mass is 9.86. The Morgan fingerprint density at radius 3 is 1.18 bits per heavy atom. The zero-order chi connectivity index (χ0) is 54.0. The van der Waals surface area contributed by atoms with Crippen LogP contribution in [0.2, 0.25) is 0 Å². The minimum absolute atomic E-state index is 0.0438. The van der Waals surface area contributed by atoms with Crippen LogP contribution in [0.5, 0.6) is 0 Å². The molecule has 6 aromatic rings. The number of ether oxygens (including phenoxy) is 6. The van der Waals surface area contributed by atoms with Gasteiger partial charge >= 0.3 is 7.82 Å². The standard InChI is InChI=1S/C67H87O10P/c1-2-3-4-5-6-7-8-9-10-11-12-13-14-33-46-69-54-62(70-48-56-34-21-15-22-35-56)55-76-78(68,75-53-61-44-31-20-32-45-61)77-66-64(72-50-58-38-25-17-26-39-58)47-63(71-49-57-36-23-16-24-37-57)65(73-51-59-40-27-18-28-41-59)67(66)74-52-60-42-29-19-30-43-60/h15-32,34-45,62-67H,2-14,33,46-55H2,1H3/t62-,63-,64-,65+,66-,67-,78?/m1/s1. The topological polar surface area (TPSA) is 100 Å². The molecule has 11 heteroatoms. The second-order valence-electron chi connectivity index (χ2n) is 20.6. The summed E-state index contributed by atoms with van der Waals surface area (Å²) in [6, 6.07) is 59.6. The average Bonchev–Trinajstić information content (AvgIpc) is 3.56. The zero-order valence-corrected chi connectivity index (χ0v) is 47.2. The second kappa shape index (κ2) is 36.4. The van der Waals surface area contributed by atoms with E-state index in [0.717, 1.165) is 46.2 Å². The van der Waals surface area contributed by atoms with Gasteiger partial charge in [-0.15, -0.1) is 0 Å². The van der Waals surface area contributed by atoms with E-state index < -0.39 is 44.4 Å². The van der Waals surface area contributed by atoms with E-state index in [9.17, 15) is 0 Å². The summed E-state index contributed by atoms with van der Waals surface area (Å²) in [6.45, 7) is 4.27. The lowest BCUT2D eigenvalue weighted by Crippen LogP contribution is -2.59. The molecule has 0 spiro atoms. The van der Waals surface area contributed by atoms with Crippen LogP contribution in [0.25, 0.3) is 0 Å². The van der Waals surface area contributed by atoms with Gasteiger partial charge in [-0.05, 0) is 39.8 Å². The van der Waals surface area contributed by atoms with Gasteiger partial charge in [-0.25, -0.2) is 4.57 Å². The monoisotopic (exact) mass is 1080 g/mol. The molecule has 420 valence electrons. The first-order valence-corrected chi connectivity index (χ1v) is 30.5. The molecule has 0 saturated heterocycles. The van der Waals surface area contributed by atoms with Gasteiger partial charge < -0.3 is 28.4 Å². The molecule has 0 radical (unpaired) electrons. The van der Waals surface area contributed by atoms with Crippen LogP contribution >= 0.6 is 7.82 Å². The van der Waals surface area contributed by atoms with Crippen LogP contribution in [-0.4, -0.2) is 56.4 Å². The first-order chi connectivity index (χ1) is 38.5. The summed E-state index contributed by atoms with van der Waals surface area (Å²) < 4.78 is 76.3. The third-order valence-electron chi connectivity index (χ3n) is 14.2. The number of rotatable bonds is 40. The molecule has 1 aliphatic carbocycles. The molecule has 78 heavy (non-hydrogen) atoms. The maximum atomic E-state index is 15.8. The number of benzene rings is 6. The summed E-state index contributed by atoms with van der Waals surface area (Å²) in [4.78, 5) is 0. The van der Waals surface area contributed by atoms with Crippen molar-refractivity contribution in [3.05, 3.63) is 215 Å². The normalized spacial score (nSPS) is 18.6. The third-order valence-corrected chi connectivity index (χ3v) is 15.6. The average molecular weight is 1080 g/mol. The molecule has 0 N–H and O–H groups in total. The molecule has 1 fully saturated rings. The highest BCUT2D eigenvalue weighted by Gasteiger charge is 2.52. The van der Waals surface area contributed by atoms with Crippen molar-refractivity contribution in [2.75, 3.05) is 19.8 Å². The highest BCUT2D eigenvalue weighted by Crippen LogP contribution is 2.54. The van der Waals surface area contributed by atoms with Crippen molar-refractivity contribution < 1.29 is 46.6 Å². The Morgan fingerprint density at radius 1 is 0.385 bits per heavy atom. The van der Waals surface area contributed by atoms with Crippen molar-refractivity contribution in [3.8, 4) is 0 Å². The van der Waals surface area contributed by atoms with Gasteiger partial charge in [-0.3, -0.25) is 13.6 Å². The summed E-state index contributed by atoms with van der Waals surface area (Å²) in [5.41, 5.74) is 5.71.